The molecule has 0 aromatic heterocycles. The molecule has 110 valence electrons. The number of amides is 1. The number of benzene rings is 1. The fraction of sp³-hybridized carbons (Fsp3) is 0.533. The van der Waals surface area contributed by atoms with Gasteiger partial charge >= 0.3 is 0 Å². The summed E-state index contributed by atoms with van der Waals surface area (Å²) in [5, 5.41) is 0.514. The van der Waals surface area contributed by atoms with Gasteiger partial charge in [-0.15, -0.1) is 0 Å². The average molecular weight is 346 g/mol. The molecule has 1 aliphatic rings. The molecule has 0 spiro atoms. The number of hydrogen-bond donors (Lipinski definition) is 0. The fourth-order valence-corrected chi connectivity index (χ4v) is 3.22. The Morgan fingerprint density at radius 1 is 1.40 bits per heavy atom. The van der Waals surface area contributed by atoms with Crippen molar-refractivity contribution >= 4 is 21.8 Å². The average Bonchev–Trinajstić information content (AvgIpc) is 2.45. The molecule has 0 aliphatic heterocycles. The second kappa shape index (κ2) is 7.16. The number of halogens is 3. The number of fused-ring (bicyclic) bond motifs is 1. The van der Waals surface area contributed by atoms with Crippen molar-refractivity contribution < 1.29 is 13.6 Å². The van der Waals surface area contributed by atoms with Crippen LogP contribution in [0, 0.1) is 0 Å². The van der Waals surface area contributed by atoms with Crippen molar-refractivity contribution in [2.45, 2.75) is 31.6 Å². The van der Waals surface area contributed by atoms with Gasteiger partial charge in [0.05, 0.1) is 12.5 Å². The maximum atomic E-state index is 12.6. The molecule has 1 aromatic rings. The van der Waals surface area contributed by atoms with Gasteiger partial charge < -0.3 is 4.90 Å². The predicted octanol–water partition coefficient (Wildman–Crippen LogP) is 3.60. The highest BCUT2D eigenvalue weighted by Crippen LogP contribution is 2.33. The summed E-state index contributed by atoms with van der Waals surface area (Å²) in [6.45, 7) is -0.162. The van der Waals surface area contributed by atoms with Crippen molar-refractivity contribution in [2.24, 2.45) is 0 Å². The summed E-state index contributed by atoms with van der Waals surface area (Å²) >= 11 is 3.23. The second-order valence-corrected chi connectivity index (χ2v) is 5.80. The van der Waals surface area contributed by atoms with E-state index in [-0.39, 0.29) is 11.8 Å². The van der Waals surface area contributed by atoms with Crippen LogP contribution in [0.4, 0.5) is 8.78 Å². The molecule has 5 heteroatoms. The van der Waals surface area contributed by atoms with Crippen molar-refractivity contribution in [3.63, 3.8) is 0 Å². The Morgan fingerprint density at radius 2 is 2.15 bits per heavy atom. The van der Waals surface area contributed by atoms with E-state index in [1.807, 2.05) is 24.3 Å². The van der Waals surface area contributed by atoms with E-state index in [4.69, 9.17) is 0 Å². The summed E-state index contributed by atoms with van der Waals surface area (Å²) in [6.07, 6.45) is 0.159. The zero-order chi connectivity index (χ0) is 14.5. The molecule has 0 N–H and O–H groups in total. The van der Waals surface area contributed by atoms with Crippen molar-refractivity contribution in [2.75, 3.05) is 18.4 Å². The van der Waals surface area contributed by atoms with Crippen LogP contribution in [0.2, 0.25) is 0 Å². The lowest BCUT2D eigenvalue weighted by molar-refractivity contribution is -0.134. The third-order valence-corrected chi connectivity index (χ3v) is 4.05. The standard InChI is InChI=1S/C15H18BrF2NO/c16-8-9-19(10-14(17)18)15(20)13-7-3-5-11-4-1-2-6-12(11)13/h1-2,4,6,13-14H,3,5,7-10H2. The molecular weight excluding hydrogens is 328 g/mol. The van der Waals surface area contributed by atoms with E-state index in [1.54, 1.807) is 0 Å². The molecule has 1 unspecified atom stereocenters. The van der Waals surface area contributed by atoms with Crippen molar-refractivity contribution in [3.05, 3.63) is 35.4 Å². The quantitative estimate of drug-likeness (QED) is 0.746. The minimum absolute atomic E-state index is 0.170. The zero-order valence-corrected chi connectivity index (χ0v) is 12.8. The third kappa shape index (κ3) is 3.57. The molecule has 0 radical (unpaired) electrons. The summed E-state index contributed by atoms with van der Waals surface area (Å²) in [6, 6.07) is 7.84. The van der Waals surface area contributed by atoms with Crippen LogP contribution in [0.25, 0.3) is 0 Å². The fourth-order valence-electron chi connectivity index (χ4n) is 2.79. The first-order valence-electron chi connectivity index (χ1n) is 6.84. The molecular formula is C15H18BrF2NO. The number of nitrogens with zero attached hydrogens (tertiary/aromatic N) is 1. The number of rotatable bonds is 5. The Bertz CT molecular complexity index is 467. The minimum atomic E-state index is -2.49. The van der Waals surface area contributed by atoms with Crippen LogP contribution >= 0.6 is 15.9 Å². The molecule has 1 aromatic carbocycles. The Kier molecular flexibility index (Phi) is 5.52. The number of carbonyl (C=O) groups is 1. The Hall–Kier alpha value is -0.970. The molecule has 0 saturated carbocycles. The van der Waals surface area contributed by atoms with Gasteiger partial charge in [0, 0.05) is 11.9 Å². The van der Waals surface area contributed by atoms with Crippen LogP contribution < -0.4 is 0 Å². The van der Waals surface area contributed by atoms with E-state index < -0.39 is 13.0 Å². The maximum Gasteiger partial charge on any atom is 0.255 e. The topological polar surface area (TPSA) is 20.3 Å². The first-order valence-corrected chi connectivity index (χ1v) is 7.96. The van der Waals surface area contributed by atoms with Crippen LogP contribution in [-0.2, 0) is 11.2 Å². The number of aryl methyl sites for hydroxylation is 1. The normalized spacial score (nSPS) is 17.9. The highest BCUT2D eigenvalue weighted by molar-refractivity contribution is 9.09. The van der Waals surface area contributed by atoms with Crippen LogP contribution in [-0.4, -0.2) is 35.7 Å². The van der Waals surface area contributed by atoms with Crippen molar-refractivity contribution in [1.29, 1.82) is 0 Å². The van der Waals surface area contributed by atoms with Gasteiger partial charge in [-0.25, -0.2) is 8.78 Å². The maximum absolute atomic E-state index is 12.6. The molecule has 2 rings (SSSR count). The molecule has 0 bridgehead atoms. The molecule has 0 fully saturated rings. The number of hydrogen-bond acceptors (Lipinski definition) is 1. The van der Waals surface area contributed by atoms with Gasteiger partial charge in [0.25, 0.3) is 6.43 Å². The SMILES string of the molecule is O=C(C1CCCc2ccccc21)N(CCBr)CC(F)F. The van der Waals surface area contributed by atoms with Gasteiger partial charge in [-0.05, 0) is 30.4 Å². The third-order valence-electron chi connectivity index (χ3n) is 3.69. The van der Waals surface area contributed by atoms with Gasteiger partial charge in [0.2, 0.25) is 5.91 Å². The van der Waals surface area contributed by atoms with Crippen molar-refractivity contribution in [3.8, 4) is 0 Å². The summed E-state index contributed by atoms with van der Waals surface area (Å²) in [4.78, 5) is 13.8. The van der Waals surface area contributed by atoms with E-state index in [9.17, 15) is 13.6 Å². The predicted molar refractivity (Wildman–Crippen MR) is 78.5 cm³/mol. The Morgan fingerprint density at radius 3 is 2.85 bits per heavy atom. The first-order chi connectivity index (χ1) is 9.63. The van der Waals surface area contributed by atoms with Gasteiger partial charge in [0.1, 0.15) is 0 Å². The second-order valence-electron chi connectivity index (χ2n) is 5.01. The van der Waals surface area contributed by atoms with E-state index in [0.717, 1.165) is 24.8 Å². The van der Waals surface area contributed by atoms with Gasteiger partial charge in [0.15, 0.2) is 0 Å². The van der Waals surface area contributed by atoms with Gasteiger partial charge in [-0.2, -0.15) is 0 Å². The zero-order valence-electron chi connectivity index (χ0n) is 11.2. The molecule has 2 nitrogen and oxygen atoms in total. The van der Waals surface area contributed by atoms with Crippen LogP contribution in [0.15, 0.2) is 24.3 Å². The summed E-state index contributed by atoms with van der Waals surface area (Å²) in [7, 11) is 0. The van der Waals surface area contributed by atoms with Crippen LogP contribution in [0.3, 0.4) is 0 Å². The Balaban J connectivity index is 2.19. The number of carbonyl (C=O) groups excluding carboxylic acids is 1. The van der Waals surface area contributed by atoms with E-state index in [0.29, 0.717) is 11.9 Å². The molecule has 1 atom stereocenters. The van der Waals surface area contributed by atoms with Gasteiger partial charge in [-0.3, -0.25) is 4.79 Å². The van der Waals surface area contributed by atoms with E-state index in [2.05, 4.69) is 15.9 Å². The lowest BCUT2D eigenvalue weighted by Gasteiger charge is -2.30. The largest absolute Gasteiger partial charge is 0.336 e. The highest BCUT2D eigenvalue weighted by atomic mass is 79.9. The molecule has 1 amide bonds. The monoisotopic (exact) mass is 345 g/mol. The summed E-state index contributed by atoms with van der Waals surface area (Å²) in [5.41, 5.74) is 2.19. The van der Waals surface area contributed by atoms with E-state index in [1.165, 1.54) is 10.5 Å². The highest BCUT2D eigenvalue weighted by Gasteiger charge is 2.30. The minimum Gasteiger partial charge on any atom is -0.336 e. The van der Waals surface area contributed by atoms with E-state index >= 15 is 0 Å². The lowest BCUT2D eigenvalue weighted by Crippen LogP contribution is -2.40. The number of alkyl halides is 3. The Labute approximate surface area is 126 Å². The van der Waals surface area contributed by atoms with Crippen LogP contribution in [0.5, 0.6) is 0 Å². The molecule has 1 aliphatic carbocycles. The summed E-state index contributed by atoms with van der Waals surface area (Å²) in [5.74, 6) is -0.436. The molecule has 0 saturated heterocycles. The van der Waals surface area contributed by atoms with Gasteiger partial charge in [-0.1, -0.05) is 40.2 Å². The molecule has 20 heavy (non-hydrogen) atoms. The smallest absolute Gasteiger partial charge is 0.255 e. The molecule has 0 heterocycles. The first kappa shape index (κ1) is 15.4. The lowest BCUT2D eigenvalue weighted by atomic mass is 9.82. The van der Waals surface area contributed by atoms with Crippen LogP contribution in [0.1, 0.15) is 29.9 Å². The van der Waals surface area contributed by atoms with Crippen molar-refractivity contribution in [1.82, 2.24) is 4.90 Å². The summed E-state index contributed by atoms with van der Waals surface area (Å²) < 4.78 is 25.2.